The van der Waals surface area contributed by atoms with E-state index in [2.05, 4.69) is 5.32 Å². The largest absolute Gasteiger partial charge is 0.478 e. The second kappa shape index (κ2) is 5.32. The van der Waals surface area contributed by atoms with E-state index in [1.165, 1.54) is 0 Å². The summed E-state index contributed by atoms with van der Waals surface area (Å²) in [6, 6.07) is 2.15. The summed E-state index contributed by atoms with van der Waals surface area (Å²) < 4.78 is 18.1. The lowest BCUT2D eigenvalue weighted by molar-refractivity contribution is 0.0692. The maximum atomic E-state index is 13.3. The van der Waals surface area contributed by atoms with Gasteiger partial charge in [0.05, 0.1) is 23.5 Å². The Morgan fingerprint density at radius 2 is 2.31 bits per heavy atom. The number of hydrogen-bond acceptors (Lipinski definition) is 4. The summed E-state index contributed by atoms with van der Waals surface area (Å²) in [4.78, 5) is 10.6. The van der Waals surface area contributed by atoms with Crippen LogP contribution in [0, 0.1) is 5.82 Å². The molecule has 0 atom stereocenters. The van der Waals surface area contributed by atoms with E-state index in [1.54, 1.807) is 7.11 Å². The van der Waals surface area contributed by atoms with Crippen molar-refractivity contribution < 1.29 is 19.0 Å². The highest BCUT2D eigenvalue weighted by Crippen LogP contribution is 2.22. The third-order valence-corrected chi connectivity index (χ3v) is 1.99. The number of carbonyl (C=O) groups is 1. The van der Waals surface area contributed by atoms with Gasteiger partial charge in [0.15, 0.2) is 0 Å². The van der Waals surface area contributed by atoms with E-state index < -0.39 is 17.3 Å². The van der Waals surface area contributed by atoms with Crippen molar-refractivity contribution in [2.24, 2.45) is 0 Å². The average Bonchev–Trinajstić information content (AvgIpc) is 2.22. The number of benzene rings is 1. The van der Waals surface area contributed by atoms with E-state index in [0.29, 0.717) is 18.8 Å². The quantitative estimate of drug-likeness (QED) is 0.520. The molecular weight excluding hydrogens is 215 g/mol. The number of hydrogen-bond donors (Lipinski definition) is 3. The van der Waals surface area contributed by atoms with Crippen LogP contribution in [0.2, 0.25) is 0 Å². The van der Waals surface area contributed by atoms with Crippen molar-refractivity contribution >= 4 is 17.3 Å². The molecule has 0 aliphatic carbocycles. The zero-order valence-corrected chi connectivity index (χ0v) is 8.79. The number of anilines is 2. The minimum absolute atomic E-state index is 0.190. The van der Waals surface area contributed by atoms with Gasteiger partial charge in [-0.15, -0.1) is 0 Å². The average molecular weight is 228 g/mol. The molecule has 0 saturated heterocycles. The standard InChI is InChI=1S/C10H13FN2O3/c1-16-3-2-13-9-5-7(11)6(10(14)15)4-8(9)12/h4-5,13H,2-3,12H2,1H3,(H,14,15). The van der Waals surface area contributed by atoms with Crippen molar-refractivity contribution in [3.05, 3.63) is 23.5 Å². The molecule has 0 radical (unpaired) electrons. The van der Waals surface area contributed by atoms with E-state index in [4.69, 9.17) is 15.6 Å². The number of nitrogens with two attached hydrogens (primary N) is 1. The van der Waals surface area contributed by atoms with Gasteiger partial charge >= 0.3 is 5.97 Å². The van der Waals surface area contributed by atoms with Crippen molar-refractivity contribution in [3.8, 4) is 0 Å². The molecule has 0 aliphatic rings. The van der Waals surface area contributed by atoms with Crippen molar-refractivity contribution in [2.45, 2.75) is 0 Å². The highest BCUT2D eigenvalue weighted by Gasteiger charge is 2.13. The zero-order chi connectivity index (χ0) is 12.1. The first-order chi connectivity index (χ1) is 7.56. The first kappa shape index (κ1) is 12.3. The number of carboxylic acids is 1. The SMILES string of the molecule is COCCNc1cc(F)c(C(=O)O)cc1N. The number of halogens is 1. The normalized spacial score (nSPS) is 10.1. The fourth-order valence-corrected chi connectivity index (χ4v) is 1.19. The Bertz CT molecular complexity index is 396. The number of ether oxygens (including phenoxy) is 1. The number of nitrogen functional groups attached to an aromatic ring is 1. The highest BCUT2D eigenvalue weighted by atomic mass is 19.1. The van der Waals surface area contributed by atoms with Crippen LogP contribution in [-0.2, 0) is 4.74 Å². The Morgan fingerprint density at radius 3 is 2.88 bits per heavy atom. The van der Waals surface area contributed by atoms with Crippen LogP contribution in [0.3, 0.4) is 0 Å². The van der Waals surface area contributed by atoms with Gasteiger partial charge in [-0.1, -0.05) is 0 Å². The first-order valence-electron chi connectivity index (χ1n) is 4.61. The minimum atomic E-state index is -1.34. The molecule has 0 aromatic heterocycles. The van der Waals surface area contributed by atoms with Crippen LogP contribution in [-0.4, -0.2) is 31.3 Å². The van der Waals surface area contributed by atoms with Gasteiger partial charge < -0.3 is 20.9 Å². The van der Waals surface area contributed by atoms with E-state index in [0.717, 1.165) is 12.1 Å². The lowest BCUT2D eigenvalue weighted by Crippen LogP contribution is -2.11. The summed E-state index contributed by atoms with van der Waals surface area (Å²) in [7, 11) is 1.54. The van der Waals surface area contributed by atoms with Gasteiger partial charge in [-0.2, -0.15) is 0 Å². The Hall–Kier alpha value is -1.82. The van der Waals surface area contributed by atoms with E-state index in [1.807, 2.05) is 0 Å². The molecule has 0 amide bonds. The summed E-state index contributed by atoms with van der Waals surface area (Å²) >= 11 is 0. The van der Waals surface area contributed by atoms with Gasteiger partial charge in [0.2, 0.25) is 0 Å². The van der Waals surface area contributed by atoms with Gasteiger partial charge in [-0.3, -0.25) is 0 Å². The molecule has 1 aromatic rings. The second-order valence-corrected chi connectivity index (χ2v) is 3.14. The fraction of sp³-hybridized carbons (Fsp3) is 0.300. The Morgan fingerprint density at radius 1 is 1.62 bits per heavy atom. The molecule has 1 aromatic carbocycles. The van der Waals surface area contributed by atoms with E-state index >= 15 is 0 Å². The maximum Gasteiger partial charge on any atom is 0.338 e. The van der Waals surface area contributed by atoms with E-state index in [9.17, 15) is 9.18 Å². The van der Waals surface area contributed by atoms with Gasteiger partial charge in [-0.05, 0) is 12.1 Å². The number of carboxylic acid groups (broad SMARTS) is 1. The third kappa shape index (κ3) is 2.83. The van der Waals surface area contributed by atoms with Crippen molar-refractivity contribution in [3.63, 3.8) is 0 Å². The van der Waals surface area contributed by atoms with Crippen molar-refractivity contribution in [1.82, 2.24) is 0 Å². The van der Waals surface area contributed by atoms with Crippen molar-refractivity contribution in [1.29, 1.82) is 0 Å². The van der Waals surface area contributed by atoms with Crippen LogP contribution in [0.4, 0.5) is 15.8 Å². The van der Waals surface area contributed by atoms with Crippen molar-refractivity contribution in [2.75, 3.05) is 31.3 Å². The zero-order valence-electron chi connectivity index (χ0n) is 8.79. The molecule has 1 rings (SSSR count). The summed E-state index contributed by atoms with van der Waals surface area (Å²) in [5.41, 5.74) is 5.69. The van der Waals surface area contributed by atoms with Gasteiger partial charge in [0.25, 0.3) is 0 Å². The number of methoxy groups -OCH3 is 1. The number of rotatable bonds is 5. The molecule has 0 fully saturated rings. The molecule has 0 saturated carbocycles. The Balaban J connectivity index is 2.88. The van der Waals surface area contributed by atoms with Crippen LogP contribution < -0.4 is 11.1 Å². The topological polar surface area (TPSA) is 84.6 Å². The van der Waals surface area contributed by atoms with Gasteiger partial charge in [0, 0.05) is 13.7 Å². The fourth-order valence-electron chi connectivity index (χ4n) is 1.19. The number of nitrogens with one attached hydrogen (secondary N) is 1. The smallest absolute Gasteiger partial charge is 0.338 e. The molecule has 4 N–H and O–H groups in total. The van der Waals surface area contributed by atoms with E-state index in [-0.39, 0.29) is 5.69 Å². The molecule has 0 spiro atoms. The van der Waals surface area contributed by atoms with Crippen LogP contribution >= 0.6 is 0 Å². The molecule has 5 nitrogen and oxygen atoms in total. The number of aromatic carboxylic acids is 1. The predicted octanol–water partition coefficient (Wildman–Crippen LogP) is 1.16. The molecule has 88 valence electrons. The maximum absolute atomic E-state index is 13.3. The highest BCUT2D eigenvalue weighted by molar-refractivity contribution is 5.90. The molecule has 0 aliphatic heterocycles. The van der Waals surface area contributed by atoms with Crippen LogP contribution in [0.15, 0.2) is 12.1 Å². The first-order valence-corrected chi connectivity index (χ1v) is 4.61. The summed E-state index contributed by atoms with van der Waals surface area (Å²) in [6.45, 7) is 0.911. The van der Waals surface area contributed by atoms with Crippen LogP contribution in [0.1, 0.15) is 10.4 Å². The summed E-state index contributed by atoms with van der Waals surface area (Å²) in [5, 5.41) is 11.5. The lowest BCUT2D eigenvalue weighted by atomic mass is 10.1. The van der Waals surface area contributed by atoms with Gasteiger partial charge in [0.1, 0.15) is 5.82 Å². The van der Waals surface area contributed by atoms with Crippen LogP contribution in [0.25, 0.3) is 0 Å². The predicted molar refractivity (Wildman–Crippen MR) is 58.1 cm³/mol. The second-order valence-electron chi connectivity index (χ2n) is 3.14. The molecule has 0 bridgehead atoms. The Labute approximate surface area is 92.0 Å². The molecule has 16 heavy (non-hydrogen) atoms. The molecule has 6 heteroatoms. The Kier molecular flexibility index (Phi) is 4.07. The summed E-state index contributed by atoms with van der Waals surface area (Å²) in [6.07, 6.45) is 0. The third-order valence-electron chi connectivity index (χ3n) is 1.99. The monoisotopic (exact) mass is 228 g/mol. The summed E-state index contributed by atoms with van der Waals surface area (Å²) in [5.74, 6) is -2.16. The molecule has 0 heterocycles. The minimum Gasteiger partial charge on any atom is -0.478 e. The molecule has 0 unspecified atom stereocenters. The van der Waals surface area contributed by atoms with Gasteiger partial charge in [-0.25, -0.2) is 9.18 Å². The molecular formula is C10H13FN2O3. The lowest BCUT2D eigenvalue weighted by Gasteiger charge is -2.10. The van der Waals surface area contributed by atoms with Crippen LogP contribution in [0.5, 0.6) is 0 Å².